The molecule has 0 aliphatic carbocycles. The average Bonchev–Trinajstić information content (AvgIpc) is 2.41. The Labute approximate surface area is 111 Å². The van der Waals surface area contributed by atoms with Crippen LogP contribution >= 0.6 is 0 Å². The van der Waals surface area contributed by atoms with E-state index in [0.29, 0.717) is 13.2 Å². The molecule has 106 valence electrons. The Hall–Kier alpha value is -0.580. The Balaban J connectivity index is 2.69. The summed E-state index contributed by atoms with van der Waals surface area (Å²) in [5.74, 6) is 0. The molecule has 0 bridgehead atoms. The SMILES string of the molecule is CCCNC(C1=COCCC1)C(OCC)OCC. The number of nitrogens with one attached hydrogen (secondary N) is 1. The molecular formula is C14H27NO3. The number of hydrogen-bond acceptors (Lipinski definition) is 4. The van der Waals surface area contributed by atoms with Crippen LogP contribution in [0.5, 0.6) is 0 Å². The van der Waals surface area contributed by atoms with Crippen LogP contribution in [0.3, 0.4) is 0 Å². The lowest BCUT2D eigenvalue weighted by Crippen LogP contribution is -2.45. The van der Waals surface area contributed by atoms with E-state index < -0.39 is 0 Å². The molecule has 4 heteroatoms. The van der Waals surface area contributed by atoms with Gasteiger partial charge in [-0.25, -0.2) is 0 Å². The van der Waals surface area contributed by atoms with Gasteiger partial charge in [0.15, 0.2) is 6.29 Å². The lowest BCUT2D eigenvalue weighted by atomic mass is 10.0. The fourth-order valence-electron chi connectivity index (χ4n) is 2.08. The number of hydrogen-bond donors (Lipinski definition) is 1. The van der Waals surface area contributed by atoms with Gasteiger partial charge in [0.2, 0.25) is 0 Å². The number of ether oxygens (including phenoxy) is 3. The first-order valence-electron chi connectivity index (χ1n) is 7.10. The summed E-state index contributed by atoms with van der Waals surface area (Å²) in [4.78, 5) is 0. The highest BCUT2D eigenvalue weighted by Gasteiger charge is 2.26. The quantitative estimate of drug-likeness (QED) is 0.644. The maximum atomic E-state index is 5.71. The summed E-state index contributed by atoms with van der Waals surface area (Å²) in [5.41, 5.74) is 1.25. The fraction of sp³-hybridized carbons (Fsp3) is 0.857. The lowest BCUT2D eigenvalue weighted by Gasteiger charge is -2.30. The Morgan fingerprint density at radius 2 is 2.00 bits per heavy atom. The van der Waals surface area contributed by atoms with Crippen molar-refractivity contribution in [2.24, 2.45) is 0 Å². The summed E-state index contributed by atoms with van der Waals surface area (Å²) in [6, 6.07) is 0.102. The van der Waals surface area contributed by atoms with E-state index in [-0.39, 0.29) is 12.3 Å². The molecule has 0 spiro atoms. The molecule has 1 atom stereocenters. The van der Waals surface area contributed by atoms with Gasteiger partial charge in [-0.05, 0) is 45.2 Å². The van der Waals surface area contributed by atoms with Gasteiger partial charge < -0.3 is 19.5 Å². The third-order valence-electron chi connectivity index (χ3n) is 2.91. The second kappa shape index (κ2) is 9.36. The maximum Gasteiger partial charge on any atom is 0.176 e. The van der Waals surface area contributed by atoms with E-state index in [0.717, 1.165) is 32.4 Å². The van der Waals surface area contributed by atoms with Crippen molar-refractivity contribution in [1.82, 2.24) is 5.32 Å². The predicted molar refractivity (Wildman–Crippen MR) is 72.4 cm³/mol. The molecule has 0 radical (unpaired) electrons. The van der Waals surface area contributed by atoms with Crippen molar-refractivity contribution in [2.75, 3.05) is 26.4 Å². The van der Waals surface area contributed by atoms with Gasteiger partial charge in [-0.15, -0.1) is 0 Å². The third kappa shape index (κ3) is 4.96. The van der Waals surface area contributed by atoms with Crippen molar-refractivity contribution in [2.45, 2.75) is 52.4 Å². The summed E-state index contributed by atoms with van der Waals surface area (Å²) in [7, 11) is 0. The molecule has 1 N–H and O–H groups in total. The topological polar surface area (TPSA) is 39.7 Å². The summed E-state index contributed by atoms with van der Waals surface area (Å²) in [5, 5.41) is 3.51. The molecule has 0 aromatic rings. The molecule has 0 fully saturated rings. The van der Waals surface area contributed by atoms with Crippen LogP contribution in [0.2, 0.25) is 0 Å². The molecule has 0 saturated carbocycles. The molecule has 0 aromatic heterocycles. The molecule has 0 amide bonds. The van der Waals surface area contributed by atoms with E-state index in [1.165, 1.54) is 5.57 Å². The highest BCUT2D eigenvalue weighted by Crippen LogP contribution is 2.20. The van der Waals surface area contributed by atoms with Crippen molar-refractivity contribution in [3.05, 3.63) is 11.8 Å². The van der Waals surface area contributed by atoms with Crippen molar-refractivity contribution >= 4 is 0 Å². The zero-order chi connectivity index (χ0) is 13.2. The molecule has 1 heterocycles. The van der Waals surface area contributed by atoms with E-state index in [4.69, 9.17) is 14.2 Å². The fourth-order valence-corrected chi connectivity index (χ4v) is 2.08. The smallest absolute Gasteiger partial charge is 0.176 e. The van der Waals surface area contributed by atoms with Crippen molar-refractivity contribution < 1.29 is 14.2 Å². The maximum absolute atomic E-state index is 5.71. The van der Waals surface area contributed by atoms with Crippen LogP contribution in [0.1, 0.15) is 40.0 Å². The van der Waals surface area contributed by atoms with E-state index in [9.17, 15) is 0 Å². The van der Waals surface area contributed by atoms with Gasteiger partial charge in [0.1, 0.15) is 0 Å². The van der Waals surface area contributed by atoms with Crippen LogP contribution < -0.4 is 5.32 Å². The third-order valence-corrected chi connectivity index (χ3v) is 2.91. The minimum absolute atomic E-state index is 0.102. The van der Waals surface area contributed by atoms with Gasteiger partial charge in [0.05, 0.1) is 18.9 Å². The first-order valence-corrected chi connectivity index (χ1v) is 7.10. The second-order valence-corrected chi connectivity index (χ2v) is 4.38. The van der Waals surface area contributed by atoms with Crippen LogP contribution in [0.25, 0.3) is 0 Å². The Bertz CT molecular complexity index is 237. The van der Waals surface area contributed by atoms with Gasteiger partial charge in [-0.3, -0.25) is 0 Å². The van der Waals surface area contributed by atoms with E-state index in [1.54, 1.807) is 0 Å². The van der Waals surface area contributed by atoms with Gasteiger partial charge in [0.25, 0.3) is 0 Å². The number of rotatable bonds is 9. The van der Waals surface area contributed by atoms with E-state index in [1.807, 2.05) is 20.1 Å². The van der Waals surface area contributed by atoms with Crippen molar-refractivity contribution in [1.29, 1.82) is 0 Å². The Morgan fingerprint density at radius 1 is 1.28 bits per heavy atom. The average molecular weight is 257 g/mol. The molecule has 4 nitrogen and oxygen atoms in total. The zero-order valence-electron chi connectivity index (χ0n) is 11.9. The van der Waals surface area contributed by atoms with Crippen LogP contribution in [0.15, 0.2) is 11.8 Å². The minimum atomic E-state index is -0.223. The van der Waals surface area contributed by atoms with Gasteiger partial charge in [-0.2, -0.15) is 0 Å². The summed E-state index contributed by atoms with van der Waals surface area (Å²) >= 11 is 0. The Morgan fingerprint density at radius 3 is 2.50 bits per heavy atom. The van der Waals surface area contributed by atoms with Crippen molar-refractivity contribution in [3.63, 3.8) is 0 Å². The minimum Gasteiger partial charge on any atom is -0.501 e. The predicted octanol–water partition coefficient (Wildman–Crippen LogP) is 2.45. The van der Waals surface area contributed by atoms with Crippen LogP contribution in [0.4, 0.5) is 0 Å². The second-order valence-electron chi connectivity index (χ2n) is 4.38. The van der Waals surface area contributed by atoms with Crippen LogP contribution in [-0.4, -0.2) is 38.7 Å². The molecule has 1 rings (SSSR count). The monoisotopic (exact) mass is 257 g/mol. The van der Waals surface area contributed by atoms with Gasteiger partial charge in [-0.1, -0.05) is 6.92 Å². The van der Waals surface area contributed by atoms with Gasteiger partial charge in [0, 0.05) is 13.2 Å². The Kier molecular flexibility index (Phi) is 8.05. The molecular weight excluding hydrogens is 230 g/mol. The van der Waals surface area contributed by atoms with Crippen molar-refractivity contribution in [3.8, 4) is 0 Å². The molecule has 1 unspecified atom stereocenters. The zero-order valence-corrected chi connectivity index (χ0v) is 11.9. The highest BCUT2D eigenvalue weighted by molar-refractivity contribution is 5.11. The molecule has 18 heavy (non-hydrogen) atoms. The lowest BCUT2D eigenvalue weighted by molar-refractivity contribution is -0.148. The molecule has 1 aliphatic heterocycles. The van der Waals surface area contributed by atoms with Crippen LogP contribution in [-0.2, 0) is 14.2 Å². The first kappa shape index (κ1) is 15.5. The molecule has 0 saturated heterocycles. The van der Waals surface area contributed by atoms with Gasteiger partial charge >= 0.3 is 0 Å². The van der Waals surface area contributed by atoms with Crippen LogP contribution in [0, 0.1) is 0 Å². The van der Waals surface area contributed by atoms with E-state index >= 15 is 0 Å². The first-order chi connectivity index (χ1) is 8.83. The summed E-state index contributed by atoms with van der Waals surface area (Å²) in [6.45, 7) is 9.23. The highest BCUT2D eigenvalue weighted by atomic mass is 16.7. The standard InChI is InChI=1S/C14H27NO3/c1-4-9-15-13(12-8-7-10-16-11-12)14(17-5-2)18-6-3/h11,13-15H,4-10H2,1-3H3. The summed E-state index contributed by atoms with van der Waals surface area (Å²) in [6.07, 6.45) is 4.87. The largest absolute Gasteiger partial charge is 0.501 e. The normalized spacial score (nSPS) is 17.4. The van der Waals surface area contributed by atoms with E-state index in [2.05, 4.69) is 12.2 Å². The summed E-state index contributed by atoms with van der Waals surface area (Å²) < 4.78 is 16.9. The molecule has 0 aromatic carbocycles. The molecule has 1 aliphatic rings.